The molecule has 0 radical (unpaired) electrons. The van der Waals surface area contributed by atoms with E-state index >= 15 is 0 Å². The van der Waals surface area contributed by atoms with Gasteiger partial charge in [-0.2, -0.15) is 0 Å². The fourth-order valence-corrected chi connectivity index (χ4v) is 2.63. The van der Waals surface area contributed by atoms with Gasteiger partial charge in [0.1, 0.15) is 5.58 Å². The molecular weight excluding hydrogens is 370 g/mol. The molecule has 6 nitrogen and oxygen atoms in total. The van der Waals surface area contributed by atoms with Crippen molar-refractivity contribution in [3.8, 4) is 0 Å². The number of amides is 1. The highest BCUT2D eigenvalue weighted by atomic mass is 16.6. The average molecular weight is 393 g/mol. The molecule has 29 heavy (non-hydrogen) atoms. The first-order chi connectivity index (χ1) is 13.6. The van der Waals surface area contributed by atoms with Crippen LogP contribution < -0.4 is 5.32 Å². The van der Waals surface area contributed by atoms with Crippen molar-refractivity contribution < 1.29 is 23.5 Å². The number of para-hydroxylation sites is 1. The third kappa shape index (κ3) is 4.71. The lowest BCUT2D eigenvalue weighted by atomic mass is 9.95. The molecule has 1 heterocycles. The number of anilines is 1. The number of carbonyl (C=O) groups excluding carboxylic acids is 3. The third-order valence-corrected chi connectivity index (χ3v) is 4.39. The van der Waals surface area contributed by atoms with Crippen molar-refractivity contribution in [3.63, 3.8) is 0 Å². The van der Waals surface area contributed by atoms with Crippen LogP contribution in [0, 0.1) is 5.41 Å². The number of Topliss-reactive ketones (excluding diaryl/α,β-unsaturated/α-hetero) is 1. The Kier molecular flexibility index (Phi) is 5.55. The number of furan rings is 1. The predicted octanol–water partition coefficient (Wildman–Crippen LogP) is 4.85. The number of rotatable bonds is 5. The number of hydrogen-bond donors (Lipinski definition) is 1. The summed E-state index contributed by atoms with van der Waals surface area (Å²) in [5.74, 6) is -1.12. The Bertz CT molecular complexity index is 1020. The second-order valence-corrected chi connectivity index (χ2v) is 7.84. The molecule has 1 amide bonds. The minimum absolute atomic E-state index is 0.0473. The van der Waals surface area contributed by atoms with Crippen LogP contribution in [0.15, 0.2) is 59.0 Å². The molecule has 0 saturated carbocycles. The zero-order valence-corrected chi connectivity index (χ0v) is 16.8. The van der Waals surface area contributed by atoms with Crippen molar-refractivity contribution in [2.75, 3.05) is 5.32 Å². The van der Waals surface area contributed by atoms with Crippen molar-refractivity contribution >= 4 is 34.3 Å². The van der Waals surface area contributed by atoms with Crippen LogP contribution in [0.5, 0.6) is 0 Å². The number of ether oxygens (including phenoxy) is 1. The number of carbonyl (C=O) groups is 3. The summed E-state index contributed by atoms with van der Waals surface area (Å²) in [6, 6.07) is 15.3. The Morgan fingerprint density at radius 2 is 1.66 bits per heavy atom. The van der Waals surface area contributed by atoms with Gasteiger partial charge in [0.2, 0.25) is 17.5 Å². The van der Waals surface area contributed by atoms with Crippen LogP contribution in [0.3, 0.4) is 0 Å². The fourth-order valence-electron chi connectivity index (χ4n) is 2.63. The van der Waals surface area contributed by atoms with Crippen LogP contribution in [0.25, 0.3) is 11.0 Å². The molecule has 0 saturated heterocycles. The normalized spacial score (nSPS) is 12.4. The van der Waals surface area contributed by atoms with E-state index in [1.165, 1.54) is 6.92 Å². The highest BCUT2D eigenvalue weighted by Crippen LogP contribution is 2.21. The van der Waals surface area contributed by atoms with Crippen LogP contribution >= 0.6 is 0 Å². The van der Waals surface area contributed by atoms with E-state index in [2.05, 4.69) is 5.32 Å². The molecule has 0 bridgehead atoms. The van der Waals surface area contributed by atoms with Crippen molar-refractivity contribution in [2.45, 2.75) is 33.8 Å². The van der Waals surface area contributed by atoms with Gasteiger partial charge < -0.3 is 14.5 Å². The molecule has 2 aromatic carbocycles. The molecule has 1 atom stereocenters. The highest BCUT2D eigenvalue weighted by molar-refractivity contribution is 6.02. The monoisotopic (exact) mass is 393 g/mol. The number of nitrogens with one attached hydrogen (secondary N) is 1. The van der Waals surface area contributed by atoms with E-state index in [4.69, 9.17) is 9.15 Å². The average Bonchev–Trinajstić information content (AvgIpc) is 3.11. The van der Waals surface area contributed by atoms with Crippen LogP contribution in [-0.4, -0.2) is 23.8 Å². The highest BCUT2D eigenvalue weighted by Gasteiger charge is 2.24. The lowest BCUT2D eigenvalue weighted by Crippen LogP contribution is -2.27. The number of ketones is 1. The molecule has 1 N–H and O–H groups in total. The van der Waals surface area contributed by atoms with Gasteiger partial charge in [0.25, 0.3) is 0 Å². The molecule has 0 aliphatic heterocycles. The summed E-state index contributed by atoms with van der Waals surface area (Å²) in [5, 5.41) is 3.58. The first-order valence-corrected chi connectivity index (χ1v) is 9.30. The van der Waals surface area contributed by atoms with Gasteiger partial charge >= 0.3 is 5.97 Å². The van der Waals surface area contributed by atoms with Gasteiger partial charge in [0.15, 0.2) is 6.10 Å². The van der Waals surface area contributed by atoms with Crippen molar-refractivity contribution in [2.24, 2.45) is 5.41 Å². The summed E-state index contributed by atoms with van der Waals surface area (Å²) in [6.45, 7) is 6.97. The molecule has 0 fully saturated rings. The Balaban J connectivity index is 1.65. The SMILES string of the molecule is C[C@@H](OC(=O)c1cc2ccccc2o1)C(=O)c1ccc(NC(=O)C(C)(C)C)cc1. The third-order valence-electron chi connectivity index (χ3n) is 4.39. The van der Waals surface area contributed by atoms with E-state index in [0.717, 1.165) is 5.39 Å². The zero-order valence-electron chi connectivity index (χ0n) is 16.8. The van der Waals surface area contributed by atoms with Crippen molar-refractivity contribution in [1.29, 1.82) is 0 Å². The van der Waals surface area contributed by atoms with Gasteiger partial charge in [-0.15, -0.1) is 0 Å². The summed E-state index contributed by atoms with van der Waals surface area (Å²) in [5.41, 5.74) is 1.02. The van der Waals surface area contributed by atoms with E-state index in [9.17, 15) is 14.4 Å². The Morgan fingerprint density at radius 3 is 2.28 bits per heavy atom. The minimum atomic E-state index is -0.981. The summed E-state index contributed by atoms with van der Waals surface area (Å²) in [4.78, 5) is 36.9. The molecule has 150 valence electrons. The maximum Gasteiger partial charge on any atom is 0.374 e. The first-order valence-electron chi connectivity index (χ1n) is 9.30. The molecule has 3 aromatic rings. The second kappa shape index (κ2) is 7.91. The quantitative estimate of drug-likeness (QED) is 0.495. The Morgan fingerprint density at radius 1 is 1.00 bits per heavy atom. The molecule has 6 heteroatoms. The van der Waals surface area contributed by atoms with E-state index in [-0.39, 0.29) is 17.5 Å². The topological polar surface area (TPSA) is 85.6 Å². The number of hydrogen-bond acceptors (Lipinski definition) is 5. The summed E-state index contributed by atoms with van der Waals surface area (Å²) < 4.78 is 10.7. The fraction of sp³-hybridized carbons (Fsp3) is 0.261. The molecule has 0 aliphatic carbocycles. The van der Waals surface area contributed by atoms with Gasteiger partial charge in [-0.05, 0) is 43.3 Å². The van der Waals surface area contributed by atoms with Crippen LogP contribution in [0.1, 0.15) is 48.6 Å². The van der Waals surface area contributed by atoms with Crippen LogP contribution in [0.4, 0.5) is 5.69 Å². The molecule has 1 aromatic heterocycles. The minimum Gasteiger partial charge on any atom is -0.449 e. The summed E-state index contributed by atoms with van der Waals surface area (Å²) >= 11 is 0. The van der Waals surface area contributed by atoms with Gasteiger partial charge in [-0.1, -0.05) is 39.0 Å². The predicted molar refractivity (Wildman–Crippen MR) is 110 cm³/mol. The van der Waals surface area contributed by atoms with Crippen LogP contribution in [-0.2, 0) is 9.53 Å². The largest absolute Gasteiger partial charge is 0.449 e. The molecular formula is C23H23NO5. The second-order valence-electron chi connectivity index (χ2n) is 7.84. The molecule has 0 spiro atoms. The summed E-state index contributed by atoms with van der Waals surface area (Å²) in [7, 11) is 0. The van der Waals surface area contributed by atoms with Gasteiger partial charge in [0, 0.05) is 22.1 Å². The van der Waals surface area contributed by atoms with E-state index in [0.29, 0.717) is 16.8 Å². The maximum atomic E-state index is 12.6. The smallest absolute Gasteiger partial charge is 0.374 e. The Labute approximate surface area is 168 Å². The number of fused-ring (bicyclic) bond motifs is 1. The van der Waals surface area contributed by atoms with Gasteiger partial charge in [-0.3, -0.25) is 9.59 Å². The molecule has 0 unspecified atom stereocenters. The summed E-state index contributed by atoms with van der Waals surface area (Å²) in [6.07, 6.45) is -0.981. The first kappa shape index (κ1) is 20.3. The van der Waals surface area contributed by atoms with Crippen molar-refractivity contribution in [1.82, 2.24) is 0 Å². The van der Waals surface area contributed by atoms with Gasteiger partial charge in [-0.25, -0.2) is 4.79 Å². The van der Waals surface area contributed by atoms with E-state index < -0.39 is 17.5 Å². The standard InChI is InChI=1S/C23H23NO5/c1-14(28-21(26)19-13-16-7-5-6-8-18(16)29-19)20(25)15-9-11-17(12-10-15)24-22(27)23(2,3)4/h5-14H,1-4H3,(H,24,27)/t14-/m1/s1. The lowest BCUT2D eigenvalue weighted by Gasteiger charge is -2.18. The van der Waals surface area contributed by atoms with E-state index in [1.54, 1.807) is 42.5 Å². The maximum absolute atomic E-state index is 12.6. The molecule has 0 aliphatic rings. The lowest BCUT2D eigenvalue weighted by molar-refractivity contribution is -0.123. The zero-order chi connectivity index (χ0) is 21.2. The van der Waals surface area contributed by atoms with E-state index in [1.807, 2.05) is 32.9 Å². The Hall–Kier alpha value is -3.41. The van der Waals surface area contributed by atoms with Gasteiger partial charge in [0.05, 0.1) is 0 Å². The van der Waals surface area contributed by atoms with Crippen molar-refractivity contribution in [3.05, 3.63) is 65.9 Å². The van der Waals surface area contributed by atoms with Crippen LogP contribution in [0.2, 0.25) is 0 Å². The number of benzene rings is 2. The number of esters is 1. The molecule has 3 rings (SSSR count).